The van der Waals surface area contributed by atoms with Gasteiger partial charge in [-0.1, -0.05) is 56.7 Å². The fourth-order valence-corrected chi connectivity index (χ4v) is 13.0. The molecule has 2 aromatic rings. The van der Waals surface area contributed by atoms with Crippen LogP contribution in [0.5, 0.6) is 5.75 Å². The van der Waals surface area contributed by atoms with Crippen molar-refractivity contribution in [3.05, 3.63) is 46.5 Å². The van der Waals surface area contributed by atoms with Gasteiger partial charge in [0.1, 0.15) is 12.9 Å². The second-order valence-electron chi connectivity index (χ2n) is 13.0. The van der Waals surface area contributed by atoms with Crippen LogP contribution in [0.1, 0.15) is 126 Å². The third-order valence-electron chi connectivity index (χ3n) is 10.2. The molecule has 0 N–H and O–H groups in total. The molecule has 6 rings (SSSR count). The van der Waals surface area contributed by atoms with E-state index in [2.05, 4.69) is 38.1 Å². The average molecular weight is 533 g/mol. The molecular weight excluding hydrogens is 483 g/mol. The van der Waals surface area contributed by atoms with Crippen LogP contribution in [0.3, 0.4) is 0 Å². The molecule has 4 aliphatic carbocycles. The fourth-order valence-electron chi connectivity index (χ4n) is 8.44. The van der Waals surface area contributed by atoms with Crippen LogP contribution < -0.4 is 10.0 Å². The molecule has 2 nitrogen and oxygen atoms in total. The Balaban J connectivity index is 1.64. The molecule has 2 aromatic carbocycles. The monoisotopic (exact) mass is 532 g/mol. The summed E-state index contributed by atoms with van der Waals surface area (Å²) in [6, 6.07) is 9.40. The van der Waals surface area contributed by atoms with E-state index in [0.29, 0.717) is 11.3 Å². The standard InChI is InChI=1S/C35H49O2P/c1-25(2)37-32-23-21-26-13-9-11-19-30(26)34(32)35-31-20-12-10-14-27(31)22-24-33(35)38(36,28-15-5-3-6-16-28)29-17-7-4-8-18-29/h21-25,28-29H,3-20H2,1-2H3. The second-order valence-corrected chi connectivity index (χ2v) is 16.4. The molecule has 0 saturated heterocycles. The lowest BCUT2D eigenvalue weighted by Gasteiger charge is -2.40. The van der Waals surface area contributed by atoms with Gasteiger partial charge in [-0.3, -0.25) is 0 Å². The fraction of sp³-hybridized carbons (Fsp3) is 0.657. The van der Waals surface area contributed by atoms with Gasteiger partial charge < -0.3 is 9.30 Å². The van der Waals surface area contributed by atoms with E-state index in [1.165, 1.54) is 103 Å². The number of benzene rings is 2. The molecule has 0 aliphatic heterocycles. The second kappa shape index (κ2) is 11.5. The van der Waals surface area contributed by atoms with Gasteiger partial charge >= 0.3 is 0 Å². The predicted octanol–water partition coefficient (Wildman–Crippen LogP) is 9.55. The summed E-state index contributed by atoms with van der Waals surface area (Å²) in [7, 11) is -2.62. The Kier molecular flexibility index (Phi) is 8.09. The maximum atomic E-state index is 16.1. The average Bonchev–Trinajstić information content (AvgIpc) is 2.97. The van der Waals surface area contributed by atoms with Gasteiger partial charge in [-0.15, -0.1) is 0 Å². The Labute approximate surface area is 231 Å². The molecule has 38 heavy (non-hydrogen) atoms. The van der Waals surface area contributed by atoms with Crippen molar-refractivity contribution >= 4 is 12.4 Å². The molecule has 0 amide bonds. The van der Waals surface area contributed by atoms with Crippen LogP contribution in [-0.2, 0) is 30.2 Å². The topological polar surface area (TPSA) is 26.3 Å². The predicted molar refractivity (Wildman–Crippen MR) is 162 cm³/mol. The number of ether oxygens (including phenoxy) is 1. The van der Waals surface area contributed by atoms with Crippen LogP contribution in [0, 0.1) is 0 Å². The Hall–Kier alpha value is -1.53. The SMILES string of the molecule is CC(C)Oc1ccc2c(c1-c1c(P(=O)(C3CCCCC3)C3CCCCC3)ccc3c1CCCC3)CCCC2. The van der Waals surface area contributed by atoms with Gasteiger partial charge in [-0.05, 0) is 125 Å². The molecule has 2 saturated carbocycles. The lowest BCUT2D eigenvalue weighted by Crippen LogP contribution is -2.32. The number of rotatable bonds is 6. The van der Waals surface area contributed by atoms with E-state index in [4.69, 9.17) is 4.74 Å². The van der Waals surface area contributed by atoms with E-state index in [-0.39, 0.29) is 6.10 Å². The number of hydrogen-bond donors (Lipinski definition) is 0. The summed E-state index contributed by atoms with van der Waals surface area (Å²) in [6.07, 6.45) is 22.0. The first-order valence-corrected chi connectivity index (χ1v) is 18.0. The van der Waals surface area contributed by atoms with Crippen molar-refractivity contribution in [2.24, 2.45) is 0 Å². The highest BCUT2D eigenvalue weighted by Crippen LogP contribution is 2.64. The summed E-state index contributed by atoms with van der Waals surface area (Å²) in [5, 5.41) is 1.27. The summed E-state index contributed by atoms with van der Waals surface area (Å²) in [5.41, 5.74) is 9.52. The van der Waals surface area contributed by atoms with E-state index in [1.54, 1.807) is 0 Å². The zero-order valence-electron chi connectivity index (χ0n) is 24.0. The van der Waals surface area contributed by atoms with E-state index in [0.717, 1.165) is 57.1 Å². The van der Waals surface area contributed by atoms with Gasteiger partial charge in [-0.25, -0.2) is 0 Å². The summed E-state index contributed by atoms with van der Waals surface area (Å²) in [6.45, 7) is 4.30. The van der Waals surface area contributed by atoms with Gasteiger partial charge in [0.2, 0.25) is 0 Å². The first-order chi connectivity index (χ1) is 18.6. The molecule has 0 bridgehead atoms. The number of aryl methyl sites for hydroxylation is 2. The van der Waals surface area contributed by atoms with Crippen LogP contribution in [0.15, 0.2) is 24.3 Å². The van der Waals surface area contributed by atoms with Crippen molar-refractivity contribution in [2.75, 3.05) is 0 Å². The van der Waals surface area contributed by atoms with Gasteiger partial charge in [0.05, 0.1) is 6.10 Å². The van der Waals surface area contributed by atoms with Crippen LogP contribution in [0.2, 0.25) is 0 Å². The van der Waals surface area contributed by atoms with Gasteiger partial charge in [0.25, 0.3) is 0 Å². The summed E-state index contributed by atoms with van der Waals surface area (Å²) in [5.74, 6) is 1.04. The normalized spacial score (nSPS) is 21.2. The molecule has 2 fully saturated rings. The lowest BCUT2D eigenvalue weighted by molar-refractivity contribution is 0.243. The van der Waals surface area contributed by atoms with Crippen molar-refractivity contribution in [3.63, 3.8) is 0 Å². The van der Waals surface area contributed by atoms with Gasteiger partial charge in [0, 0.05) is 22.2 Å². The molecule has 0 atom stereocenters. The molecule has 4 aliphatic rings. The zero-order chi connectivity index (χ0) is 26.1. The van der Waals surface area contributed by atoms with E-state index in [9.17, 15) is 0 Å². The quantitative estimate of drug-likeness (QED) is 0.346. The zero-order valence-corrected chi connectivity index (χ0v) is 24.9. The highest BCUT2D eigenvalue weighted by atomic mass is 31.2. The highest BCUT2D eigenvalue weighted by Gasteiger charge is 2.45. The van der Waals surface area contributed by atoms with E-state index in [1.807, 2.05) is 0 Å². The number of hydrogen-bond acceptors (Lipinski definition) is 2. The molecule has 0 unspecified atom stereocenters. The van der Waals surface area contributed by atoms with E-state index < -0.39 is 7.14 Å². The van der Waals surface area contributed by atoms with Crippen LogP contribution in [0.25, 0.3) is 11.1 Å². The molecule has 0 radical (unpaired) electrons. The van der Waals surface area contributed by atoms with E-state index >= 15 is 4.57 Å². The molecule has 3 heteroatoms. The van der Waals surface area contributed by atoms with Crippen LogP contribution in [0.4, 0.5) is 0 Å². The minimum atomic E-state index is -2.62. The minimum Gasteiger partial charge on any atom is -0.490 e. The van der Waals surface area contributed by atoms with Crippen molar-refractivity contribution in [1.29, 1.82) is 0 Å². The first-order valence-electron chi connectivity index (χ1n) is 16.1. The third kappa shape index (κ3) is 4.93. The third-order valence-corrected chi connectivity index (χ3v) is 14.6. The summed E-state index contributed by atoms with van der Waals surface area (Å²) < 4.78 is 22.7. The molecular formula is C35H49O2P. The van der Waals surface area contributed by atoms with Crippen LogP contribution >= 0.6 is 7.14 Å². The Morgan fingerprint density at radius 3 is 1.68 bits per heavy atom. The molecule has 0 spiro atoms. The van der Waals surface area contributed by atoms with Crippen molar-refractivity contribution in [2.45, 2.75) is 147 Å². The van der Waals surface area contributed by atoms with Crippen LogP contribution in [-0.4, -0.2) is 17.4 Å². The lowest BCUT2D eigenvalue weighted by atomic mass is 9.80. The van der Waals surface area contributed by atoms with Crippen molar-refractivity contribution < 1.29 is 9.30 Å². The summed E-state index contributed by atoms with van der Waals surface area (Å²) >= 11 is 0. The van der Waals surface area contributed by atoms with Crippen molar-refractivity contribution in [1.82, 2.24) is 0 Å². The Morgan fingerprint density at radius 2 is 1.13 bits per heavy atom. The molecule has 0 aromatic heterocycles. The molecule has 206 valence electrons. The maximum Gasteiger partial charge on any atom is 0.127 e. The highest BCUT2D eigenvalue weighted by molar-refractivity contribution is 7.73. The smallest absolute Gasteiger partial charge is 0.127 e. The maximum absolute atomic E-state index is 16.1. The Bertz CT molecular complexity index is 1160. The minimum absolute atomic E-state index is 0.127. The largest absolute Gasteiger partial charge is 0.490 e. The number of fused-ring (bicyclic) bond motifs is 2. The van der Waals surface area contributed by atoms with Gasteiger partial charge in [0.15, 0.2) is 0 Å². The first kappa shape index (κ1) is 26.7. The van der Waals surface area contributed by atoms with Gasteiger partial charge in [-0.2, -0.15) is 0 Å². The van der Waals surface area contributed by atoms with Crippen molar-refractivity contribution in [3.8, 4) is 16.9 Å². The summed E-state index contributed by atoms with van der Waals surface area (Å²) in [4.78, 5) is 0. The Morgan fingerprint density at radius 1 is 0.632 bits per heavy atom. The molecule has 0 heterocycles.